The van der Waals surface area contributed by atoms with Gasteiger partial charge in [-0.25, -0.2) is 4.57 Å². The molecule has 0 saturated carbocycles. The lowest BCUT2D eigenvalue weighted by Gasteiger charge is -2.19. The van der Waals surface area contributed by atoms with Crippen molar-refractivity contribution in [1.82, 2.24) is 0 Å². The quantitative estimate of drug-likeness (QED) is 0.0264. The lowest BCUT2D eigenvalue weighted by Crippen LogP contribution is -2.29. The summed E-state index contributed by atoms with van der Waals surface area (Å²) in [7, 11) is -4.41. The molecule has 0 aliphatic rings. The van der Waals surface area contributed by atoms with E-state index in [1.807, 2.05) is 0 Å². The molecule has 0 aromatic rings. The third kappa shape index (κ3) is 85.7. The van der Waals surface area contributed by atoms with Crippen LogP contribution in [0.3, 0.4) is 0 Å². The summed E-state index contributed by atoms with van der Waals surface area (Å²) in [6, 6.07) is 0. The highest BCUT2D eigenvalue weighted by Crippen LogP contribution is 2.43. The molecule has 0 aliphatic heterocycles. The molecule has 2 unspecified atom stereocenters. The number of carbonyl (C=O) groups excluding carboxylic acids is 2. The van der Waals surface area contributed by atoms with Gasteiger partial charge in [-0.15, -0.1) is 0 Å². The van der Waals surface area contributed by atoms with E-state index >= 15 is 0 Å². The lowest BCUT2D eigenvalue weighted by atomic mass is 10.0. The Morgan fingerprint density at radius 1 is 0.291 bits per heavy atom. The van der Waals surface area contributed by atoms with Crippen LogP contribution in [-0.4, -0.2) is 49.3 Å². The number of hydrogen-bond donors (Lipinski definition) is 2. The Morgan fingerprint density at radius 2 is 0.505 bits per heavy atom. The van der Waals surface area contributed by atoms with Gasteiger partial charge in [-0.1, -0.05) is 388 Å². The first-order valence-corrected chi connectivity index (χ1v) is 43.4. The summed E-state index contributed by atoms with van der Waals surface area (Å²) in [6.07, 6.45) is 130. The van der Waals surface area contributed by atoms with Crippen LogP contribution in [0.15, 0.2) is 194 Å². The van der Waals surface area contributed by atoms with Crippen molar-refractivity contribution in [2.45, 2.75) is 354 Å². The maximum absolute atomic E-state index is 12.8. The summed E-state index contributed by atoms with van der Waals surface area (Å²) in [6.45, 7) is 3.53. The van der Waals surface area contributed by atoms with Gasteiger partial charge in [0.2, 0.25) is 0 Å². The molecule has 103 heavy (non-hydrogen) atoms. The van der Waals surface area contributed by atoms with Gasteiger partial charge in [-0.05, 0) is 141 Å². The summed E-state index contributed by atoms with van der Waals surface area (Å²) in [5, 5.41) is 0. The predicted molar refractivity (Wildman–Crippen MR) is 449 cm³/mol. The Morgan fingerprint density at radius 3 is 0.748 bits per heavy atom. The number of hydrogen-bond acceptors (Lipinski definition) is 8. The molecule has 2 atom stereocenters. The van der Waals surface area contributed by atoms with Crippen LogP contribution >= 0.6 is 7.82 Å². The number of ether oxygens (including phenoxy) is 2. The molecule has 0 radical (unpaired) electrons. The first kappa shape index (κ1) is 97.8. The number of esters is 2. The molecule has 0 rings (SSSR count). The van der Waals surface area contributed by atoms with Gasteiger partial charge in [0.25, 0.3) is 0 Å². The Bertz CT molecular complexity index is 2410. The van der Waals surface area contributed by atoms with E-state index in [0.717, 1.165) is 141 Å². The van der Waals surface area contributed by atoms with Gasteiger partial charge in [0.05, 0.1) is 13.2 Å². The fourth-order valence-corrected chi connectivity index (χ4v) is 12.1. The number of phosphoric ester groups is 1. The number of unbranched alkanes of at least 4 members (excludes halogenated alkanes) is 32. The molecule has 3 N–H and O–H groups in total. The van der Waals surface area contributed by atoms with E-state index in [-0.39, 0.29) is 38.6 Å². The van der Waals surface area contributed by atoms with E-state index in [1.165, 1.54) is 173 Å². The van der Waals surface area contributed by atoms with Crippen LogP contribution in [-0.2, 0) is 32.7 Å². The van der Waals surface area contributed by atoms with Gasteiger partial charge < -0.3 is 20.1 Å². The van der Waals surface area contributed by atoms with Crippen LogP contribution in [0, 0.1) is 0 Å². The minimum atomic E-state index is -4.41. The van der Waals surface area contributed by atoms with Crippen LogP contribution < -0.4 is 5.73 Å². The van der Waals surface area contributed by atoms with Crippen molar-refractivity contribution in [3.8, 4) is 0 Å². The van der Waals surface area contributed by atoms with Crippen LogP contribution in [0.1, 0.15) is 348 Å². The predicted octanol–water partition coefficient (Wildman–Crippen LogP) is 28.8. The van der Waals surface area contributed by atoms with E-state index < -0.39 is 26.5 Å². The Hall–Kier alpha value is -5.15. The van der Waals surface area contributed by atoms with Gasteiger partial charge >= 0.3 is 19.8 Å². The highest BCUT2D eigenvalue weighted by Gasteiger charge is 2.26. The van der Waals surface area contributed by atoms with Crippen molar-refractivity contribution in [1.29, 1.82) is 0 Å². The van der Waals surface area contributed by atoms with Crippen molar-refractivity contribution in [2.75, 3.05) is 26.4 Å². The van der Waals surface area contributed by atoms with Crippen molar-refractivity contribution in [3.05, 3.63) is 194 Å². The zero-order chi connectivity index (χ0) is 74.3. The molecule has 0 spiro atoms. The van der Waals surface area contributed by atoms with Gasteiger partial charge in [0.15, 0.2) is 6.10 Å². The van der Waals surface area contributed by atoms with Crippen LogP contribution in [0.2, 0.25) is 0 Å². The molecule has 0 bridgehead atoms. The Balaban J connectivity index is 3.85. The zero-order valence-corrected chi connectivity index (χ0v) is 66.9. The molecule has 0 aromatic heterocycles. The molecule has 10 heteroatoms. The lowest BCUT2D eigenvalue weighted by molar-refractivity contribution is -0.161. The molecule has 0 amide bonds. The topological polar surface area (TPSA) is 134 Å². The highest BCUT2D eigenvalue weighted by molar-refractivity contribution is 7.47. The fourth-order valence-electron chi connectivity index (χ4n) is 11.4. The third-order valence-electron chi connectivity index (χ3n) is 17.5. The number of allylic oxidation sites excluding steroid dienone is 32. The second kappa shape index (κ2) is 85.8. The molecular formula is C93H154NO8P. The maximum Gasteiger partial charge on any atom is 0.472 e. The smallest absolute Gasteiger partial charge is 0.462 e. The van der Waals surface area contributed by atoms with Gasteiger partial charge in [0.1, 0.15) is 6.61 Å². The summed E-state index contributed by atoms with van der Waals surface area (Å²) < 4.78 is 33.3. The molecule has 0 fully saturated rings. The zero-order valence-electron chi connectivity index (χ0n) is 66.0. The minimum absolute atomic E-state index is 0.0474. The van der Waals surface area contributed by atoms with Gasteiger partial charge in [-0.3, -0.25) is 18.6 Å². The first-order valence-electron chi connectivity index (χ1n) is 41.9. The second-order valence-electron chi connectivity index (χ2n) is 27.2. The Labute approximate surface area is 634 Å². The molecule has 9 nitrogen and oxygen atoms in total. The Kier molecular flexibility index (Phi) is 81.5. The van der Waals surface area contributed by atoms with Crippen molar-refractivity contribution in [3.63, 3.8) is 0 Å². The average Bonchev–Trinajstić information content (AvgIpc) is 0.970. The number of carbonyl (C=O) groups is 2. The number of rotatable bonds is 77. The van der Waals surface area contributed by atoms with Crippen molar-refractivity contribution in [2.24, 2.45) is 5.73 Å². The van der Waals surface area contributed by atoms with Crippen molar-refractivity contribution >= 4 is 19.8 Å². The maximum atomic E-state index is 12.8. The normalized spacial score (nSPS) is 13.9. The standard InChI is InChI=1S/C93H154NO8P/c1-3-5-7-9-11-13-15-17-19-21-23-25-27-29-31-33-35-37-39-41-43-45-47-49-51-53-55-57-59-61-63-65-67-69-71-73-75-77-79-81-83-85-92(95)99-89-91(90-101-103(97,98)100-88-87-94)102-93(96)86-84-82-80-78-76-74-72-70-68-66-64-62-60-58-56-54-52-50-48-46-44-42-40-38-36-34-32-30-28-26-24-22-20-18-16-14-12-10-8-6-4-2/h5-8,11-14,17-20,23-26,29-32,35-38,41-44,48,50,54,56,91H,3-4,9-10,15-16,21-22,27-28,33-34,39-40,45-47,49,51-53,55,57-90,94H2,1-2H3,(H,97,98)/b7-5-,8-6-,13-11-,14-12-,19-17-,20-18-,25-23-,26-24-,31-29-,32-30-,37-35-,38-36-,43-41-,44-42-,50-48-,56-54-. The molecular weight excluding hydrogens is 1290 g/mol. The molecule has 584 valence electrons. The van der Waals surface area contributed by atoms with Crippen LogP contribution in [0.25, 0.3) is 0 Å². The van der Waals surface area contributed by atoms with E-state index in [4.69, 9.17) is 24.3 Å². The summed E-state index contributed by atoms with van der Waals surface area (Å²) in [5.74, 6) is -0.826. The largest absolute Gasteiger partial charge is 0.472 e. The first-order chi connectivity index (χ1) is 50.8. The van der Waals surface area contributed by atoms with E-state index in [2.05, 4.69) is 208 Å². The van der Waals surface area contributed by atoms with Crippen LogP contribution in [0.5, 0.6) is 0 Å². The summed E-state index contributed by atoms with van der Waals surface area (Å²) in [4.78, 5) is 35.5. The van der Waals surface area contributed by atoms with E-state index in [9.17, 15) is 19.0 Å². The third-order valence-corrected chi connectivity index (χ3v) is 18.5. The average molecular weight is 1450 g/mol. The molecule has 0 heterocycles. The SMILES string of the molecule is CC/C=C\C/C=C\C/C=C\C/C=C\C/C=C\C/C=C\C/C=C\C/C=C\C/C=C\CCCCCCCCCCCCCCCC(=O)OC(COC(=O)CCCCCCCCCCCCCCCCCCCCC/C=C\C/C=C\C/C=C\C/C=C\C/C=C\C/C=C\C/C=C\CC)COP(=O)(O)OCCN. The number of phosphoric acid groups is 1. The van der Waals surface area contributed by atoms with E-state index in [1.54, 1.807) is 0 Å². The van der Waals surface area contributed by atoms with Crippen LogP contribution in [0.4, 0.5) is 0 Å². The van der Waals surface area contributed by atoms with Gasteiger partial charge in [-0.2, -0.15) is 0 Å². The molecule has 0 saturated heterocycles. The number of nitrogens with two attached hydrogens (primary N) is 1. The van der Waals surface area contributed by atoms with Crippen molar-refractivity contribution < 1.29 is 37.6 Å². The van der Waals surface area contributed by atoms with E-state index in [0.29, 0.717) is 6.42 Å². The summed E-state index contributed by atoms with van der Waals surface area (Å²) in [5.41, 5.74) is 5.42. The molecule has 0 aliphatic carbocycles. The van der Waals surface area contributed by atoms with Gasteiger partial charge in [0, 0.05) is 19.4 Å². The monoisotopic (exact) mass is 1440 g/mol. The second-order valence-corrected chi connectivity index (χ2v) is 28.7. The summed E-state index contributed by atoms with van der Waals surface area (Å²) >= 11 is 0. The highest BCUT2D eigenvalue weighted by atomic mass is 31.2. The molecule has 0 aromatic carbocycles. The fraction of sp³-hybridized carbons (Fsp3) is 0.634. The minimum Gasteiger partial charge on any atom is -0.462 e.